The first-order valence-corrected chi connectivity index (χ1v) is 9.75. The molecule has 28 heavy (non-hydrogen) atoms. The third-order valence-electron chi connectivity index (χ3n) is 4.56. The molecule has 0 spiro atoms. The monoisotopic (exact) mass is 386 g/mol. The third-order valence-corrected chi connectivity index (χ3v) is 5.38. The van der Waals surface area contributed by atoms with Gasteiger partial charge in [0.2, 0.25) is 0 Å². The molecule has 3 aromatic heterocycles. The van der Waals surface area contributed by atoms with Crippen molar-refractivity contribution < 1.29 is 4.79 Å². The number of rotatable bonds is 5. The van der Waals surface area contributed by atoms with Crippen LogP contribution in [0.15, 0.2) is 60.6 Å². The summed E-state index contributed by atoms with van der Waals surface area (Å²) < 4.78 is 0. The molecule has 3 heterocycles. The van der Waals surface area contributed by atoms with E-state index >= 15 is 0 Å². The van der Waals surface area contributed by atoms with Crippen molar-refractivity contribution in [3.8, 4) is 21.8 Å². The van der Waals surface area contributed by atoms with Crippen LogP contribution < -0.4 is 0 Å². The number of aryl methyl sites for hydroxylation is 2. The second-order valence-corrected chi connectivity index (χ2v) is 7.45. The zero-order chi connectivity index (χ0) is 19.5. The first-order valence-electron chi connectivity index (χ1n) is 8.87. The highest BCUT2D eigenvalue weighted by atomic mass is 32.1. The van der Waals surface area contributed by atoms with Crippen molar-refractivity contribution in [3.05, 3.63) is 83.0 Å². The van der Waals surface area contributed by atoms with Crippen molar-refractivity contribution in [1.82, 2.24) is 19.9 Å². The average molecular weight is 386 g/mol. The van der Waals surface area contributed by atoms with Gasteiger partial charge in [-0.2, -0.15) is 0 Å². The summed E-state index contributed by atoms with van der Waals surface area (Å²) in [6.07, 6.45) is 8.76. The summed E-state index contributed by atoms with van der Waals surface area (Å²) in [7, 11) is 0. The van der Waals surface area contributed by atoms with E-state index < -0.39 is 0 Å². The summed E-state index contributed by atoms with van der Waals surface area (Å²) in [6.45, 7) is 3.93. The first kappa shape index (κ1) is 18.1. The summed E-state index contributed by atoms with van der Waals surface area (Å²) in [5, 5.41) is 2.94. The van der Waals surface area contributed by atoms with Crippen molar-refractivity contribution in [2.75, 3.05) is 0 Å². The minimum atomic E-state index is 0.0175. The molecule has 4 rings (SSSR count). The normalized spacial score (nSPS) is 10.8. The van der Waals surface area contributed by atoms with E-state index in [1.165, 1.54) is 0 Å². The molecule has 0 aliphatic carbocycles. The minimum Gasteiger partial charge on any atom is -0.294 e. The molecular formula is C22H18N4OS. The number of nitrogens with zero attached hydrogens (tertiary/aromatic N) is 4. The number of pyridine rings is 1. The van der Waals surface area contributed by atoms with E-state index in [2.05, 4.69) is 38.1 Å². The lowest BCUT2D eigenvalue weighted by Crippen LogP contribution is -2.07. The number of hydrogen-bond donors (Lipinski definition) is 0. The molecule has 138 valence electrons. The predicted molar refractivity (Wildman–Crippen MR) is 110 cm³/mol. The van der Waals surface area contributed by atoms with Gasteiger partial charge in [-0.05, 0) is 37.1 Å². The van der Waals surface area contributed by atoms with Gasteiger partial charge in [0.1, 0.15) is 5.01 Å². The Morgan fingerprint density at radius 2 is 1.86 bits per heavy atom. The van der Waals surface area contributed by atoms with E-state index in [1.54, 1.807) is 48.4 Å². The van der Waals surface area contributed by atoms with Gasteiger partial charge in [-0.1, -0.05) is 12.1 Å². The number of carbonyl (C=O) groups excluding carboxylic acids is 1. The van der Waals surface area contributed by atoms with Crippen LogP contribution >= 0.6 is 11.3 Å². The van der Waals surface area contributed by atoms with Crippen molar-refractivity contribution in [2.24, 2.45) is 0 Å². The Balaban J connectivity index is 1.58. The fourth-order valence-electron chi connectivity index (χ4n) is 3.03. The third kappa shape index (κ3) is 3.73. The molecule has 0 saturated heterocycles. The van der Waals surface area contributed by atoms with Crippen LogP contribution in [-0.4, -0.2) is 25.7 Å². The maximum absolute atomic E-state index is 12.5. The zero-order valence-electron chi connectivity index (χ0n) is 15.6. The molecular weight excluding hydrogens is 368 g/mol. The van der Waals surface area contributed by atoms with Crippen LogP contribution in [0.4, 0.5) is 0 Å². The van der Waals surface area contributed by atoms with Crippen molar-refractivity contribution in [3.63, 3.8) is 0 Å². The Kier molecular flexibility index (Phi) is 5.04. The summed E-state index contributed by atoms with van der Waals surface area (Å²) in [4.78, 5) is 30.0. The highest BCUT2D eigenvalue weighted by Crippen LogP contribution is 2.29. The summed E-state index contributed by atoms with van der Waals surface area (Å²) in [5.74, 6) is 0.0175. The van der Waals surface area contributed by atoms with Gasteiger partial charge in [0.25, 0.3) is 0 Å². The molecule has 0 aliphatic heterocycles. The molecule has 0 radical (unpaired) electrons. The van der Waals surface area contributed by atoms with E-state index in [-0.39, 0.29) is 12.2 Å². The number of Topliss-reactive ketones (excluding diaryl/α,β-unsaturated/α-hetero) is 1. The molecule has 5 nitrogen and oxygen atoms in total. The van der Waals surface area contributed by atoms with Crippen molar-refractivity contribution in [2.45, 2.75) is 20.3 Å². The van der Waals surface area contributed by atoms with Gasteiger partial charge < -0.3 is 0 Å². The lowest BCUT2D eigenvalue weighted by atomic mass is 10.0. The standard InChI is InChI=1S/C22H18N4OS/c1-14-3-4-16(22-24-7-8-28-22)9-19(14)20-13-25-17(12-26-20)10-21(27)18-5-6-23-11-15(18)2/h3-9,11-13H,10H2,1-2H3. The fraction of sp³-hybridized carbons (Fsp3) is 0.136. The van der Waals surface area contributed by atoms with Crippen molar-refractivity contribution >= 4 is 17.1 Å². The predicted octanol–water partition coefficient (Wildman–Crippen LogP) is 4.70. The van der Waals surface area contributed by atoms with Crippen LogP contribution in [0.1, 0.15) is 27.2 Å². The Bertz CT molecular complexity index is 1120. The van der Waals surface area contributed by atoms with E-state index in [9.17, 15) is 4.79 Å². The summed E-state index contributed by atoms with van der Waals surface area (Å²) >= 11 is 1.60. The number of benzene rings is 1. The Morgan fingerprint density at radius 3 is 2.57 bits per heavy atom. The van der Waals surface area contributed by atoms with Crippen LogP contribution in [0.5, 0.6) is 0 Å². The lowest BCUT2D eigenvalue weighted by molar-refractivity contribution is 0.0991. The van der Waals surface area contributed by atoms with E-state index in [1.807, 2.05) is 19.2 Å². The number of hydrogen-bond acceptors (Lipinski definition) is 6. The number of ketones is 1. The fourth-order valence-corrected chi connectivity index (χ4v) is 3.66. The van der Waals surface area contributed by atoms with Crippen molar-refractivity contribution in [1.29, 1.82) is 0 Å². The molecule has 0 amide bonds. The average Bonchev–Trinajstić information content (AvgIpc) is 3.24. The molecule has 0 bridgehead atoms. The molecule has 0 atom stereocenters. The maximum Gasteiger partial charge on any atom is 0.169 e. The molecule has 1 aromatic carbocycles. The van der Waals surface area contributed by atoms with E-state index in [0.717, 1.165) is 33.0 Å². The second kappa shape index (κ2) is 7.78. The number of carbonyl (C=O) groups is 1. The smallest absolute Gasteiger partial charge is 0.169 e. The zero-order valence-corrected chi connectivity index (χ0v) is 16.4. The van der Waals surface area contributed by atoms with E-state index in [0.29, 0.717) is 11.3 Å². The minimum absolute atomic E-state index is 0.0175. The molecule has 4 aromatic rings. The largest absolute Gasteiger partial charge is 0.294 e. The topological polar surface area (TPSA) is 68.6 Å². The Hall–Kier alpha value is -3.25. The van der Waals surface area contributed by atoms with Crippen LogP contribution in [-0.2, 0) is 6.42 Å². The molecule has 0 unspecified atom stereocenters. The lowest BCUT2D eigenvalue weighted by Gasteiger charge is -2.08. The van der Waals surface area contributed by atoms with Gasteiger partial charge in [0.05, 0.1) is 24.0 Å². The number of aromatic nitrogens is 4. The second-order valence-electron chi connectivity index (χ2n) is 6.55. The highest BCUT2D eigenvalue weighted by molar-refractivity contribution is 7.13. The van der Waals surface area contributed by atoms with Crippen LogP contribution in [0.2, 0.25) is 0 Å². The summed E-state index contributed by atoms with van der Waals surface area (Å²) in [5.41, 5.74) is 6.17. The highest BCUT2D eigenvalue weighted by Gasteiger charge is 2.12. The van der Waals surface area contributed by atoms with Gasteiger partial charge in [-0.15, -0.1) is 11.3 Å². The molecule has 6 heteroatoms. The molecule has 0 fully saturated rings. The Morgan fingerprint density at radius 1 is 0.964 bits per heavy atom. The van der Waals surface area contributed by atoms with Gasteiger partial charge in [0, 0.05) is 46.9 Å². The number of thiazole rings is 1. The van der Waals surface area contributed by atoms with Gasteiger partial charge in [-0.25, -0.2) is 4.98 Å². The van der Waals surface area contributed by atoms with Gasteiger partial charge >= 0.3 is 0 Å². The van der Waals surface area contributed by atoms with Crippen LogP contribution in [0.25, 0.3) is 21.8 Å². The van der Waals surface area contributed by atoms with Gasteiger partial charge in [-0.3, -0.25) is 19.7 Å². The Labute approximate surface area is 167 Å². The van der Waals surface area contributed by atoms with Crippen LogP contribution in [0.3, 0.4) is 0 Å². The quantitative estimate of drug-likeness (QED) is 0.465. The SMILES string of the molecule is Cc1cnccc1C(=O)Cc1cnc(-c2cc(-c3nccs3)ccc2C)cn1. The summed E-state index contributed by atoms with van der Waals surface area (Å²) in [6, 6.07) is 7.96. The maximum atomic E-state index is 12.5. The van der Waals surface area contributed by atoms with Crippen LogP contribution in [0, 0.1) is 13.8 Å². The first-order chi connectivity index (χ1) is 13.6. The molecule has 0 N–H and O–H groups in total. The van der Waals surface area contributed by atoms with E-state index in [4.69, 9.17) is 0 Å². The molecule has 0 saturated carbocycles. The van der Waals surface area contributed by atoms with Gasteiger partial charge in [0.15, 0.2) is 5.78 Å². The molecule has 0 aliphatic rings.